The second kappa shape index (κ2) is 8.90. The number of thiocarbonyl (C=S) groups is 1. The van der Waals surface area contributed by atoms with Crippen molar-refractivity contribution in [3.8, 4) is 5.69 Å². The maximum absolute atomic E-state index is 13.4. The van der Waals surface area contributed by atoms with Crippen LogP contribution in [0.15, 0.2) is 78.4 Å². The van der Waals surface area contributed by atoms with Crippen LogP contribution >= 0.6 is 12.2 Å². The van der Waals surface area contributed by atoms with Gasteiger partial charge in [0, 0.05) is 16.8 Å². The molecule has 1 saturated heterocycles. The van der Waals surface area contributed by atoms with E-state index in [0.29, 0.717) is 5.69 Å². The molecule has 0 saturated carbocycles. The third kappa shape index (κ3) is 3.87. The second-order valence-electron chi connectivity index (χ2n) is 8.47. The molecule has 0 spiro atoms. The average molecular weight is 496 g/mol. The molecule has 0 atom stereocenters. The van der Waals surface area contributed by atoms with Gasteiger partial charge in [-0.05, 0) is 79.5 Å². The number of aromatic nitrogens is 1. The SMILES string of the molecule is Cc1cc(/C=C2\C(=O)NC(=S)N(c3ccc(C(=O)O)cc3)C2=O)c(C)n1-c1cccc2ccccc12. The Labute approximate surface area is 212 Å². The lowest BCUT2D eigenvalue weighted by molar-refractivity contribution is -0.122. The number of carboxylic acid groups (broad SMARTS) is 1. The van der Waals surface area contributed by atoms with E-state index < -0.39 is 17.8 Å². The molecule has 2 heterocycles. The number of amides is 2. The molecule has 7 nitrogen and oxygen atoms in total. The summed E-state index contributed by atoms with van der Waals surface area (Å²) in [5, 5.41) is 13.9. The van der Waals surface area contributed by atoms with Gasteiger partial charge < -0.3 is 9.67 Å². The summed E-state index contributed by atoms with van der Waals surface area (Å²) in [6.45, 7) is 3.92. The fourth-order valence-corrected chi connectivity index (χ4v) is 4.79. The number of hydrogen-bond acceptors (Lipinski definition) is 4. The summed E-state index contributed by atoms with van der Waals surface area (Å²) < 4.78 is 2.10. The van der Waals surface area contributed by atoms with E-state index >= 15 is 0 Å². The predicted octanol–water partition coefficient (Wildman–Crippen LogP) is 4.78. The lowest BCUT2D eigenvalue weighted by atomic mass is 10.1. The summed E-state index contributed by atoms with van der Waals surface area (Å²) in [5.41, 5.74) is 3.95. The Hall–Kier alpha value is -4.56. The molecule has 8 heteroatoms. The zero-order valence-corrected chi connectivity index (χ0v) is 20.3. The Morgan fingerprint density at radius 1 is 0.972 bits per heavy atom. The van der Waals surface area contributed by atoms with Crippen LogP contribution in [-0.2, 0) is 9.59 Å². The van der Waals surface area contributed by atoms with Crippen molar-refractivity contribution in [3.63, 3.8) is 0 Å². The summed E-state index contributed by atoms with van der Waals surface area (Å²) >= 11 is 5.25. The van der Waals surface area contributed by atoms with Crippen LogP contribution in [0.4, 0.5) is 5.69 Å². The molecular weight excluding hydrogens is 474 g/mol. The number of hydrogen-bond donors (Lipinski definition) is 2. The van der Waals surface area contributed by atoms with E-state index in [1.807, 2.05) is 44.2 Å². The number of anilines is 1. The van der Waals surface area contributed by atoms with Gasteiger partial charge in [-0.1, -0.05) is 36.4 Å². The quantitative estimate of drug-likeness (QED) is 0.242. The smallest absolute Gasteiger partial charge is 0.335 e. The number of carboxylic acids is 1. The minimum absolute atomic E-state index is 0.0635. The van der Waals surface area contributed by atoms with E-state index in [-0.39, 0.29) is 16.2 Å². The molecule has 3 aromatic carbocycles. The standard InChI is InChI=1S/C28H21N3O4S/c1-16-14-20(17(2)30(16)24-9-5-7-18-6-3-4-8-22(18)24)15-23-25(32)29-28(36)31(26(23)33)21-12-10-19(11-13-21)27(34)35/h3-15H,1-2H3,(H,34,35)(H,29,32,36)/b23-15+. The van der Waals surface area contributed by atoms with E-state index in [4.69, 9.17) is 17.3 Å². The molecule has 5 rings (SSSR count). The van der Waals surface area contributed by atoms with Crippen molar-refractivity contribution in [1.29, 1.82) is 0 Å². The van der Waals surface area contributed by atoms with Gasteiger partial charge in [-0.2, -0.15) is 0 Å². The summed E-state index contributed by atoms with van der Waals surface area (Å²) in [6.07, 6.45) is 1.57. The fraction of sp³-hybridized carbons (Fsp3) is 0.0714. The Balaban J connectivity index is 1.57. The Morgan fingerprint density at radius 2 is 1.67 bits per heavy atom. The summed E-state index contributed by atoms with van der Waals surface area (Å²) in [6, 6.07) is 21.9. The Kier molecular flexibility index (Phi) is 5.74. The molecule has 0 radical (unpaired) electrons. The number of nitrogens with one attached hydrogen (secondary N) is 1. The average Bonchev–Trinajstić information content (AvgIpc) is 3.14. The topological polar surface area (TPSA) is 91.6 Å². The Bertz CT molecular complexity index is 1610. The highest BCUT2D eigenvalue weighted by Gasteiger charge is 2.34. The first-order chi connectivity index (χ1) is 17.3. The molecule has 2 N–H and O–H groups in total. The number of carbonyl (C=O) groups is 3. The first-order valence-electron chi connectivity index (χ1n) is 11.2. The van der Waals surface area contributed by atoms with E-state index in [1.165, 1.54) is 29.2 Å². The first kappa shape index (κ1) is 23.2. The monoisotopic (exact) mass is 495 g/mol. The molecule has 2 amide bonds. The minimum Gasteiger partial charge on any atom is -0.478 e. The van der Waals surface area contributed by atoms with Crippen LogP contribution in [0.1, 0.15) is 27.3 Å². The number of rotatable bonds is 4. The van der Waals surface area contributed by atoms with Gasteiger partial charge in [-0.3, -0.25) is 19.8 Å². The summed E-state index contributed by atoms with van der Waals surface area (Å²) in [5.74, 6) is -2.25. The van der Waals surface area contributed by atoms with Gasteiger partial charge in [0.05, 0.1) is 16.9 Å². The van der Waals surface area contributed by atoms with Gasteiger partial charge in [0.1, 0.15) is 5.57 Å². The second-order valence-corrected chi connectivity index (χ2v) is 8.86. The predicted molar refractivity (Wildman–Crippen MR) is 142 cm³/mol. The number of carbonyl (C=O) groups excluding carboxylic acids is 2. The highest BCUT2D eigenvalue weighted by Crippen LogP contribution is 2.29. The van der Waals surface area contributed by atoms with Crippen molar-refractivity contribution in [2.75, 3.05) is 4.90 Å². The molecule has 0 unspecified atom stereocenters. The van der Waals surface area contributed by atoms with Gasteiger partial charge in [0.2, 0.25) is 0 Å². The maximum Gasteiger partial charge on any atom is 0.335 e. The van der Waals surface area contributed by atoms with Crippen LogP contribution in [-0.4, -0.2) is 32.6 Å². The molecule has 36 heavy (non-hydrogen) atoms. The van der Waals surface area contributed by atoms with E-state index in [9.17, 15) is 14.4 Å². The molecule has 1 aliphatic rings. The zero-order chi connectivity index (χ0) is 25.6. The normalized spacial score (nSPS) is 15.0. The van der Waals surface area contributed by atoms with Crippen LogP contribution < -0.4 is 10.2 Å². The molecule has 0 aliphatic carbocycles. The van der Waals surface area contributed by atoms with Gasteiger partial charge in [0.15, 0.2) is 5.11 Å². The van der Waals surface area contributed by atoms with Crippen molar-refractivity contribution in [3.05, 3.63) is 101 Å². The van der Waals surface area contributed by atoms with Gasteiger partial charge >= 0.3 is 5.97 Å². The third-order valence-corrected chi connectivity index (χ3v) is 6.54. The molecule has 1 aliphatic heterocycles. The van der Waals surface area contributed by atoms with Gasteiger partial charge in [0.25, 0.3) is 11.8 Å². The Morgan fingerprint density at radius 3 is 2.39 bits per heavy atom. The van der Waals surface area contributed by atoms with E-state index in [0.717, 1.165) is 33.4 Å². The highest BCUT2D eigenvalue weighted by atomic mass is 32.1. The molecular formula is C28H21N3O4S. The zero-order valence-electron chi connectivity index (χ0n) is 19.5. The lowest BCUT2D eigenvalue weighted by Gasteiger charge is -2.29. The maximum atomic E-state index is 13.4. The molecule has 1 aromatic heterocycles. The summed E-state index contributed by atoms with van der Waals surface area (Å²) in [7, 11) is 0. The van der Waals surface area contributed by atoms with E-state index in [2.05, 4.69) is 28.1 Å². The molecule has 178 valence electrons. The van der Waals surface area contributed by atoms with Crippen LogP contribution in [0.3, 0.4) is 0 Å². The number of fused-ring (bicyclic) bond motifs is 1. The van der Waals surface area contributed by atoms with Crippen molar-refractivity contribution < 1.29 is 19.5 Å². The number of benzene rings is 3. The lowest BCUT2D eigenvalue weighted by Crippen LogP contribution is -2.54. The first-order valence-corrected chi connectivity index (χ1v) is 11.6. The van der Waals surface area contributed by atoms with Crippen molar-refractivity contribution in [2.24, 2.45) is 0 Å². The molecule has 4 aromatic rings. The van der Waals surface area contributed by atoms with Crippen LogP contribution in [0.2, 0.25) is 0 Å². The van der Waals surface area contributed by atoms with Crippen LogP contribution in [0, 0.1) is 13.8 Å². The van der Waals surface area contributed by atoms with Crippen molar-refractivity contribution in [2.45, 2.75) is 13.8 Å². The van der Waals surface area contributed by atoms with Crippen molar-refractivity contribution >= 4 is 57.6 Å². The van der Waals surface area contributed by atoms with E-state index in [1.54, 1.807) is 6.08 Å². The third-order valence-electron chi connectivity index (χ3n) is 6.25. The fourth-order valence-electron chi connectivity index (χ4n) is 4.51. The number of aromatic carboxylic acids is 1. The van der Waals surface area contributed by atoms with Gasteiger partial charge in [-0.25, -0.2) is 4.79 Å². The number of aryl methyl sites for hydroxylation is 1. The summed E-state index contributed by atoms with van der Waals surface area (Å²) in [4.78, 5) is 38.6. The van der Waals surface area contributed by atoms with Gasteiger partial charge in [-0.15, -0.1) is 0 Å². The van der Waals surface area contributed by atoms with Crippen LogP contribution in [0.25, 0.3) is 22.5 Å². The largest absolute Gasteiger partial charge is 0.478 e. The molecule has 1 fully saturated rings. The highest BCUT2D eigenvalue weighted by molar-refractivity contribution is 7.80. The molecule has 0 bridgehead atoms. The minimum atomic E-state index is -1.08. The van der Waals surface area contributed by atoms with Crippen LogP contribution in [0.5, 0.6) is 0 Å². The van der Waals surface area contributed by atoms with Crippen molar-refractivity contribution in [1.82, 2.24) is 9.88 Å². The number of nitrogens with zero attached hydrogens (tertiary/aromatic N) is 2.